The number of terminal acetylenes is 1. The smallest absolute Gasteiger partial charge is 0.256 e. The molecule has 0 saturated heterocycles. The molecule has 22 heavy (non-hydrogen) atoms. The predicted octanol–water partition coefficient (Wildman–Crippen LogP) is 2.27. The normalized spacial score (nSPS) is 21.5. The molecule has 0 atom stereocenters. The number of aromatic nitrogens is 3. The number of carbonyl (C=O) groups is 1. The van der Waals surface area contributed by atoms with E-state index in [1.807, 2.05) is 19.9 Å². The molecule has 0 bridgehead atoms. The van der Waals surface area contributed by atoms with Crippen molar-refractivity contribution in [1.29, 1.82) is 0 Å². The van der Waals surface area contributed by atoms with Gasteiger partial charge in [0.2, 0.25) is 0 Å². The van der Waals surface area contributed by atoms with Gasteiger partial charge < -0.3 is 5.32 Å². The summed E-state index contributed by atoms with van der Waals surface area (Å²) in [5.41, 5.74) is 3.00. The van der Waals surface area contributed by atoms with Crippen LogP contribution in [0.4, 0.5) is 0 Å². The maximum atomic E-state index is 12.5. The van der Waals surface area contributed by atoms with Crippen molar-refractivity contribution in [2.75, 3.05) is 0 Å². The first-order valence-electron chi connectivity index (χ1n) is 7.67. The van der Waals surface area contributed by atoms with Gasteiger partial charge in [-0.05, 0) is 45.6 Å². The molecule has 5 nitrogen and oxygen atoms in total. The second-order valence-electron chi connectivity index (χ2n) is 6.02. The Balaban J connectivity index is 1.77. The van der Waals surface area contributed by atoms with Crippen molar-refractivity contribution in [1.82, 2.24) is 19.9 Å². The quantitative estimate of drug-likeness (QED) is 0.865. The lowest BCUT2D eigenvalue weighted by atomic mass is 9.86. The Morgan fingerprint density at radius 2 is 2.09 bits per heavy atom. The van der Waals surface area contributed by atoms with Gasteiger partial charge in [0.25, 0.3) is 5.91 Å². The highest BCUT2D eigenvalue weighted by atomic mass is 16.1. The average Bonchev–Trinajstić information content (AvgIpc) is 2.92. The topological polar surface area (TPSA) is 59.3 Å². The zero-order chi connectivity index (χ0) is 15.7. The van der Waals surface area contributed by atoms with Crippen LogP contribution in [0.25, 0.3) is 5.65 Å². The molecular formula is C17H20N4O. The van der Waals surface area contributed by atoms with Gasteiger partial charge in [-0.25, -0.2) is 9.50 Å². The minimum absolute atomic E-state index is 0.100. The number of hydrogen-bond donors (Lipinski definition) is 1. The molecule has 0 aliphatic heterocycles. The van der Waals surface area contributed by atoms with Crippen LogP contribution in [-0.4, -0.2) is 26.5 Å². The van der Waals surface area contributed by atoms with E-state index in [0.717, 1.165) is 37.1 Å². The summed E-state index contributed by atoms with van der Waals surface area (Å²) < 4.78 is 1.71. The van der Waals surface area contributed by atoms with Gasteiger partial charge in [-0.3, -0.25) is 4.79 Å². The van der Waals surface area contributed by atoms with Crippen LogP contribution in [-0.2, 0) is 0 Å². The second kappa shape index (κ2) is 5.80. The monoisotopic (exact) mass is 296 g/mol. The molecule has 1 N–H and O–H groups in total. The summed E-state index contributed by atoms with van der Waals surface area (Å²) in [6.45, 7) is 3.88. The molecule has 0 unspecified atom stereocenters. The van der Waals surface area contributed by atoms with Crippen molar-refractivity contribution in [3.63, 3.8) is 0 Å². The van der Waals surface area contributed by atoms with Crippen LogP contribution in [0.15, 0.2) is 12.3 Å². The van der Waals surface area contributed by atoms with Crippen LogP contribution in [0, 0.1) is 32.1 Å². The van der Waals surface area contributed by atoms with Crippen LogP contribution in [0.2, 0.25) is 0 Å². The molecule has 1 amide bonds. The molecule has 5 heteroatoms. The number of nitrogens with one attached hydrogen (secondary N) is 1. The molecule has 114 valence electrons. The van der Waals surface area contributed by atoms with Gasteiger partial charge in [0.1, 0.15) is 5.56 Å². The Labute approximate surface area is 130 Å². The van der Waals surface area contributed by atoms with E-state index in [1.165, 1.54) is 0 Å². The zero-order valence-corrected chi connectivity index (χ0v) is 13.0. The molecule has 3 rings (SSSR count). The number of hydrogen-bond acceptors (Lipinski definition) is 3. The van der Waals surface area contributed by atoms with E-state index in [-0.39, 0.29) is 11.9 Å². The Morgan fingerprint density at radius 3 is 2.77 bits per heavy atom. The lowest BCUT2D eigenvalue weighted by molar-refractivity contribution is 0.0926. The van der Waals surface area contributed by atoms with Gasteiger partial charge in [0.05, 0.1) is 6.20 Å². The minimum atomic E-state index is -0.100. The third-order valence-corrected chi connectivity index (χ3v) is 4.32. The fourth-order valence-electron chi connectivity index (χ4n) is 3.10. The maximum Gasteiger partial charge on any atom is 0.256 e. The molecule has 1 saturated carbocycles. The van der Waals surface area contributed by atoms with E-state index in [0.29, 0.717) is 17.1 Å². The molecule has 0 spiro atoms. The molecule has 2 aromatic rings. The van der Waals surface area contributed by atoms with Crippen LogP contribution < -0.4 is 5.32 Å². The van der Waals surface area contributed by atoms with E-state index in [9.17, 15) is 4.79 Å². The second-order valence-corrected chi connectivity index (χ2v) is 6.02. The van der Waals surface area contributed by atoms with Crippen molar-refractivity contribution < 1.29 is 4.79 Å². The molecule has 1 aliphatic rings. The van der Waals surface area contributed by atoms with Crippen LogP contribution in [0.1, 0.15) is 47.4 Å². The highest BCUT2D eigenvalue weighted by Crippen LogP contribution is 2.24. The lowest BCUT2D eigenvalue weighted by Crippen LogP contribution is -2.37. The summed E-state index contributed by atoms with van der Waals surface area (Å²) in [6, 6.07) is 2.14. The van der Waals surface area contributed by atoms with Crippen molar-refractivity contribution >= 4 is 11.6 Å². The summed E-state index contributed by atoms with van der Waals surface area (Å²) in [6.07, 6.45) is 10.9. The maximum absolute atomic E-state index is 12.5. The van der Waals surface area contributed by atoms with E-state index in [1.54, 1.807) is 10.7 Å². The fourth-order valence-corrected chi connectivity index (χ4v) is 3.10. The predicted molar refractivity (Wildman–Crippen MR) is 84.5 cm³/mol. The molecule has 0 aromatic carbocycles. The van der Waals surface area contributed by atoms with Gasteiger partial charge in [0, 0.05) is 23.3 Å². The fraction of sp³-hybridized carbons (Fsp3) is 0.471. The third-order valence-electron chi connectivity index (χ3n) is 4.32. The summed E-state index contributed by atoms with van der Waals surface area (Å²) >= 11 is 0. The largest absolute Gasteiger partial charge is 0.349 e. The summed E-state index contributed by atoms with van der Waals surface area (Å²) in [4.78, 5) is 17.0. The summed E-state index contributed by atoms with van der Waals surface area (Å²) in [5, 5.41) is 7.36. The van der Waals surface area contributed by atoms with Crippen LogP contribution in [0.3, 0.4) is 0 Å². The Bertz CT molecular complexity index is 748. The van der Waals surface area contributed by atoms with Gasteiger partial charge >= 0.3 is 0 Å². The Kier molecular flexibility index (Phi) is 3.84. The van der Waals surface area contributed by atoms with Crippen molar-refractivity contribution in [2.45, 2.75) is 45.6 Å². The minimum Gasteiger partial charge on any atom is -0.349 e. The highest BCUT2D eigenvalue weighted by Gasteiger charge is 2.23. The van der Waals surface area contributed by atoms with Gasteiger partial charge in [-0.2, -0.15) is 5.10 Å². The lowest BCUT2D eigenvalue weighted by Gasteiger charge is -2.26. The van der Waals surface area contributed by atoms with Crippen LogP contribution >= 0.6 is 0 Å². The number of fused-ring (bicyclic) bond motifs is 1. The molecule has 1 fully saturated rings. The standard InChI is InChI=1S/C17H20N4O/c1-4-13-5-7-14(8-6-13)20-17(22)15-10-18-21-12(3)9-11(2)19-16(15)21/h1,9-10,13-14H,5-8H2,2-3H3,(H,20,22)/t13-,14+. The number of rotatable bonds is 2. The molecule has 0 radical (unpaired) electrons. The first-order chi connectivity index (χ1) is 10.6. The molecule has 2 heterocycles. The van der Waals surface area contributed by atoms with Gasteiger partial charge in [-0.15, -0.1) is 12.3 Å². The van der Waals surface area contributed by atoms with E-state index < -0.39 is 0 Å². The van der Waals surface area contributed by atoms with Crippen molar-refractivity contribution in [2.24, 2.45) is 5.92 Å². The molecular weight excluding hydrogens is 276 g/mol. The number of aryl methyl sites for hydroxylation is 2. The van der Waals surface area contributed by atoms with E-state index >= 15 is 0 Å². The Morgan fingerprint density at radius 1 is 1.36 bits per heavy atom. The van der Waals surface area contributed by atoms with E-state index in [4.69, 9.17) is 6.42 Å². The van der Waals surface area contributed by atoms with Gasteiger partial charge in [-0.1, -0.05) is 0 Å². The number of nitrogens with zero attached hydrogens (tertiary/aromatic N) is 3. The highest BCUT2D eigenvalue weighted by molar-refractivity contribution is 5.99. The molecule has 2 aromatic heterocycles. The number of carbonyl (C=O) groups excluding carboxylic acids is 1. The van der Waals surface area contributed by atoms with E-state index in [2.05, 4.69) is 21.3 Å². The first kappa shape index (κ1) is 14.6. The van der Waals surface area contributed by atoms with Crippen molar-refractivity contribution in [3.8, 4) is 12.3 Å². The third kappa shape index (κ3) is 2.69. The van der Waals surface area contributed by atoms with Gasteiger partial charge in [0.15, 0.2) is 5.65 Å². The first-order valence-corrected chi connectivity index (χ1v) is 7.67. The molecule has 1 aliphatic carbocycles. The average molecular weight is 296 g/mol. The summed E-state index contributed by atoms with van der Waals surface area (Å²) in [5.74, 6) is 3.06. The van der Waals surface area contributed by atoms with Crippen molar-refractivity contribution in [3.05, 3.63) is 29.2 Å². The SMILES string of the molecule is C#C[C@H]1CC[C@@H](NC(=O)c2cnn3c(C)cc(C)nc23)CC1. The zero-order valence-electron chi connectivity index (χ0n) is 13.0. The number of amides is 1. The Hall–Kier alpha value is -2.35. The van der Waals surface area contributed by atoms with Crippen LogP contribution in [0.5, 0.6) is 0 Å². The summed E-state index contributed by atoms with van der Waals surface area (Å²) in [7, 11) is 0.